The van der Waals surface area contributed by atoms with E-state index in [1.807, 2.05) is 42.6 Å². The van der Waals surface area contributed by atoms with Crippen LogP contribution in [0, 0.1) is 0 Å². The standard InChI is InChI=1S/C23H18Cl2N4O2S/c24-21-11-8-18(12-22(21)25)16-6-9-20(10-7-16)32(30,31)28-13-19(14-28)29-15-23(26-27-29)17-4-2-1-3-5-17/h1-12,15,19H,13-14H2. The van der Waals surface area contributed by atoms with Crippen molar-refractivity contribution in [3.05, 3.63) is 89.0 Å². The van der Waals surface area contributed by atoms with Gasteiger partial charge in [-0.1, -0.05) is 76.9 Å². The molecule has 162 valence electrons. The highest BCUT2D eigenvalue weighted by Gasteiger charge is 2.38. The van der Waals surface area contributed by atoms with Crippen LogP contribution in [0.1, 0.15) is 6.04 Å². The first kappa shape index (κ1) is 21.2. The minimum Gasteiger partial charge on any atom is -0.246 e. The van der Waals surface area contributed by atoms with Crippen molar-refractivity contribution in [3.63, 3.8) is 0 Å². The van der Waals surface area contributed by atoms with Gasteiger partial charge >= 0.3 is 0 Å². The average Bonchev–Trinajstić information content (AvgIpc) is 3.25. The molecule has 9 heteroatoms. The van der Waals surface area contributed by atoms with E-state index in [4.69, 9.17) is 23.2 Å². The molecule has 3 aromatic carbocycles. The highest BCUT2D eigenvalue weighted by molar-refractivity contribution is 7.89. The van der Waals surface area contributed by atoms with Crippen molar-refractivity contribution in [1.29, 1.82) is 0 Å². The normalized spacial score (nSPS) is 14.9. The van der Waals surface area contributed by atoms with Crippen LogP contribution in [0.4, 0.5) is 0 Å². The van der Waals surface area contributed by atoms with Crippen LogP contribution in [-0.4, -0.2) is 40.8 Å². The number of nitrogens with zero attached hydrogens (tertiary/aromatic N) is 4. The topological polar surface area (TPSA) is 68.1 Å². The lowest BCUT2D eigenvalue weighted by molar-refractivity contribution is 0.189. The number of hydrogen-bond donors (Lipinski definition) is 0. The Morgan fingerprint density at radius 3 is 2.19 bits per heavy atom. The molecule has 0 unspecified atom stereocenters. The highest BCUT2D eigenvalue weighted by Crippen LogP contribution is 2.32. The van der Waals surface area contributed by atoms with Gasteiger partial charge in [0.25, 0.3) is 0 Å². The van der Waals surface area contributed by atoms with Gasteiger partial charge in [0.15, 0.2) is 0 Å². The third-order valence-electron chi connectivity index (χ3n) is 5.53. The minimum absolute atomic E-state index is 0.0368. The molecule has 1 fully saturated rings. The SMILES string of the molecule is O=S(=O)(c1ccc(-c2ccc(Cl)c(Cl)c2)cc1)N1CC(n2cc(-c3ccccc3)nn2)C1. The van der Waals surface area contributed by atoms with Crippen molar-refractivity contribution in [1.82, 2.24) is 19.3 Å². The maximum absolute atomic E-state index is 13.0. The summed E-state index contributed by atoms with van der Waals surface area (Å²) in [6, 6.07) is 21.8. The van der Waals surface area contributed by atoms with Crippen LogP contribution in [0.3, 0.4) is 0 Å². The summed E-state index contributed by atoms with van der Waals surface area (Å²) in [5.74, 6) is 0. The lowest BCUT2D eigenvalue weighted by atomic mass is 10.1. The number of halogens is 2. The van der Waals surface area contributed by atoms with Gasteiger partial charge in [0.2, 0.25) is 10.0 Å². The molecule has 5 rings (SSSR count). The zero-order valence-corrected chi connectivity index (χ0v) is 19.1. The second-order valence-electron chi connectivity index (χ2n) is 7.58. The fourth-order valence-corrected chi connectivity index (χ4v) is 5.43. The van der Waals surface area contributed by atoms with E-state index in [1.165, 1.54) is 4.31 Å². The molecular formula is C23H18Cl2N4O2S. The van der Waals surface area contributed by atoms with E-state index in [0.717, 1.165) is 22.4 Å². The third kappa shape index (κ3) is 3.93. The first-order valence-electron chi connectivity index (χ1n) is 9.95. The Balaban J connectivity index is 1.28. The van der Waals surface area contributed by atoms with Crippen LogP contribution in [0.5, 0.6) is 0 Å². The average molecular weight is 485 g/mol. The lowest BCUT2D eigenvalue weighted by Gasteiger charge is -2.37. The second-order valence-corrected chi connectivity index (χ2v) is 10.3. The lowest BCUT2D eigenvalue weighted by Crippen LogP contribution is -2.50. The Labute approximate surface area is 196 Å². The van der Waals surface area contributed by atoms with E-state index < -0.39 is 10.0 Å². The molecule has 0 aliphatic carbocycles. The second kappa shape index (κ2) is 8.33. The molecule has 1 saturated heterocycles. The Hall–Kier alpha value is -2.71. The number of sulfonamides is 1. The van der Waals surface area contributed by atoms with Crippen molar-refractivity contribution in [2.75, 3.05) is 13.1 Å². The Kier molecular flexibility index (Phi) is 5.51. The molecule has 6 nitrogen and oxygen atoms in total. The molecule has 0 N–H and O–H groups in total. The molecule has 0 radical (unpaired) electrons. The summed E-state index contributed by atoms with van der Waals surface area (Å²) < 4.78 is 29.2. The molecule has 4 aromatic rings. The van der Waals surface area contributed by atoms with Crippen molar-refractivity contribution < 1.29 is 8.42 Å². The van der Waals surface area contributed by atoms with E-state index in [1.54, 1.807) is 41.1 Å². The van der Waals surface area contributed by atoms with E-state index >= 15 is 0 Å². The maximum atomic E-state index is 13.0. The highest BCUT2D eigenvalue weighted by atomic mass is 35.5. The summed E-state index contributed by atoms with van der Waals surface area (Å²) in [4.78, 5) is 0.253. The monoisotopic (exact) mass is 484 g/mol. The molecule has 0 atom stereocenters. The van der Waals surface area contributed by atoms with Gasteiger partial charge in [0.1, 0.15) is 5.69 Å². The van der Waals surface area contributed by atoms with Crippen molar-refractivity contribution in [3.8, 4) is 22.4 Å². The van der Waals surface area contributed by atoms with Crippen LogP contribution in [0.15, 0.2) is 83.9 Å². The van der Waals surface area contributed by atoms with Crippen LogP contribution in [0.2, 0.25) is 10.0 Å². The molecule has 0 spiro atoms. The van der Waals surface area contributed by atoms with Gasteiger partial charge in [0.05, 0.1) is 27.2 Å². The molecule has 1 aromatic heterocycles. The first-order chi connectivity index (χ1) is 15.4. The van der Waals surface area contributed by atoms with Crippen LogP contribution >= 0.6 is 23.2 Å². The van der Waals surface area contributed by atoms with Crippen LogP contribution < -0.4 is 0 Å². The Bertz CT molecular complexity index is 1370. The van der Waals surface area contributed by atoms with Gasteiger partial charge in [-0.15, -0.1) is 5.10 Å². The summed E-state index contributed by atoms with van der Waals surface area (Å²) >= 11 is 12.1. The van der Waals surface area contributed by atoms with Gasteiger partial charge in [0, 0.05) is 18.7 Å². The smallest absolute Gasteiger partial charge is 0.243 e. The van der Waals surface area contributed by atoms with Crippen molar-refractivity contribution in [2.45, 2.75) is 10.9 Å². The zero-order chi connectivity index (χ0) is 22.3. The molecule has 0 saturated carbocycles. The fourth-order valence-electron chi connectivity index (χ4n) is 3.62. The van der Waals surface area contributed by atoms with Gasteiger partial charge in [-0.25, -0.2) is 13.1 Å². The summed E-state index contributed by atoms with van der Waals surface area (Å²) in [6.45, 7) is 0.711. The van der Waals surface area contributed by atoms with Crippen molar-refractivity contribution in [2.24, 2.45) is 0 Å². The first-order valence-corrected chi connectivity index (χ1v) is 12.1. The van der Waals surface area contributed by atoms with Gasteiger partial charge in [-0.3, -0.25) is 0 Å². The Morgan fingerprint density at radius 1 is 0.812 bits per heavy atom. The van der Waals surface area contributed by atoms with E-state index in [0.29, 0.717) is 23.1 Å². The predicted octanol–water partition coefficient (Wildman–Crippen LogP) is 5.16. The number of rotatable bonds is 5. The van der Waals surface area contributed by atoms with E-state index in [-0.39, 0.29) is 10.9 Å². The number of hydrogen-bond acceptors (Lipinski definition) is 4. The summed E-state index contributed by atoms with van der Waals surface area (Å²) in [5.41, 5.74) is 3.47. The van der Waals surface area contributed by atoms with Crippen LogP contribution in [0.25, 0.3) is 22.4 Å². The van der Waals surface area contributed by atoms with Gasteiger partial charge in [-0.05, 0) is 35.4 Å². The summed E-state index contributed by atoms with van der Waals surface area (Å²) in [5, 5.41) is 9.33. The van der Waals surface area contributed by atoms with Crippen LogP contribution in [-0.2, 0) is 10.0 Å². The minimum atomic E-state index is -3.58. The molecule has 1 aliphatic heterocycles. The zero-order valence-electron chi connectivity index (χ0n) is 16.8. The fraction of sp³-hybridized carbons (Fsp3) is 0.130. The number of aromatic nitrogens is 3. The molecule has 32 heavy (non-hydrogen) atoms. The number of benzene rings is 3. The van der Waals surface area contributed by atoms with Gasteiger partial charge in [-0.2, -0.15) is 4.31 Å². The molecule has 1 aliphatic rings. The maximum Gasteiger partial charge on any atom is 0.243 e. The van der Waals surface area contributed by atoms with E-state index in [9.17, 15) is 8.42 Å². The summed E-state index contributed by atoms with van der Waals surface area (Å²) in [6.07, 6.45) is 1.86. The Morgan fingerprint density at radius 2 is 1.50 bits per heavy atom. The summed E-state index contributed by atoms with van der Waals surface area (Å²) in [7, 11) is -3.58. The van der Waals surface area contributed by atoms with Crippen molar-refractivity contribution >= 4 is 33.2 Å². The molecule has 2 heterocycles. The molecular weight excluding hydrogens is 467 g/mol. The third-order valence-corrected chi connectivity index (χ3v) is 8.11. The van der Waals surface area contributed by atoms with E-state index in [2.05, 4.69) is 10.3 Å². The predicted molar refractivity (Wildman–Crippen MR) is 125 cm³/mol. The molecule has 0 bridgehead atoms. The quantitative estimate of drug-likeness (QED) is 0.392. The largest absolute Gasteiger partial charge is 0.246 e. The van der Waals surface area contributed by atoms with Gasteiger partial charge < -0.3 is 0 Å². The molecule has 0 amide bonds.